The maximum atomic E-state index is 12.6. The second-order valence-electron chi connectivity index (χ2n) is 6.01. The molecule has 1 aromatic rings. The Morgan fingerprint density at radius 3 is 2.65 bits per heavy atom. The number of nitrogens with one attached hydrogen (secondary N) is 1. The molecule has 1 atom stereocenters. The van der Waals surface area contributed by atoms with Crippen molar-refractivity contribution >= 4 is 17.5 Å². The minimum atomic E-state index is -0.361. The van der Waals surface area contributed by atoms with Gasteiger partial charge in [-0.1, -0.05) is 19.1 Å². The number of nitrogens with zero attached hydrogens (tertiary/aromatic N) is 1. The Morgan fingerprint density at radius 1 is 1.26 bits per heavy atom. The predicted octanol–water partition coefficient (Wildman–Crippen LogP) is 2.34. The van der Waals surface area contributed by atoms with E-state index in [1.165, 1.54) is 0 Å². The summed E-state index contributed by atoms with van der Waals surface area (Å²) in [5, 5.41) is 11.8. The van der Waals surface area contributed by atoms with Crippen molar-refractivity contribution in [3.05, 3.63) is 29.8 Å². The first-order valence-corrected chi connectivity index (χ1v) is 8.46. The first kappa shape index (κ1) is 17.5. The summed E-state index contributed by atoms with van der Waals surface area (Å²) in [5.74, 6) is -0.0327. The first-order chi connectivity index (χ1) is 11.2. The van der Waals surface area contributed by atoms with Crippen molar-refractivity contribution in [3.8, 4) is 0 Å². The number of rotatable bonds is 6. The molecule has 2 rings (SSSR count). The van der Waals surface area contributed by atoms with Crippen LogP contribution >= 0.6 is 0 Å². The van der Waals surface area contributed by atoms with Gasteiger partial charge in [-0.2, -0.15) is 0 Å². The largest absolute Gasteiger partial charge is 0.396 e. The van der Waals surface area contributed by atoms with Crippen LogP contribution in [0.15, 0.2) is 24.3 Å². The van der Waals surface area contributed by atoms with Crippen LogP contribution in [0.25, 0.3) is 0 Å². The Labute approximate surface area is 137 Å². The van der Waals surface area contributed by atoms with Crippen LogP contribution in [0.4, 0.5) is 5.69 Å². The van der Waals surface area contributed by atoms with Gasteiger partial charge in [0.05, 0.1) is 0 Å². The van der Waals surface area contributed by atoms with E-state index >= 15 is 0 Å². The summed E-state index contributed by atoms with van der Waals surface area (Å²) in [5.41, 5.74) is 1.76. The molecule has 23 heavy (non-hydrogen) atoms. The molecule has 0 aliphatic carbocycles. The third kappa shape index (κ3) is 4.79. The van der Waals surface area contributed by atoms with E-state index in [9.17, 15) is 9.59 Å². The van der Waals surface area contributed by atoms with Crippen LogP contribution in [-0.2, 0) is 16.0 Å². The smallest absolute Gasteiger partial charge is 0.247 e. The van der Waals surface area contributed by atoms with E-state index in [4.69, 9.17) is 5.11 Å². The summed E-state index contributed by atoms with van der Waals surface area (Å²) in [6.07, 6.45) is 4.58. The fourth-order valence-electron chi connectivity index (χ4n) is 2.97. The highest BCUT2D eigenvalue weighted by atomic mass is 16.3. The van der Waals surface area contributed by atoms with E-state index < -0.39 is 0 Å². The number of anilines is 1. The average Bonchev–Trinajstić information content (AvgIpc) is 2.57. The van der Waals surface area contributed by atoms with Crippen molar-refractivity contribution in [2.75, 3.05) is 18.5 Å². The number of hydrogen-bond acceptors (Lipinski definition) is 3. The van der Waals surface area contributed by atoms with E-state index in [0.717, 1.165) is 36.9 Å². The lowest BCUT2D eigenvalue weighted by molar-refractivity contribution is -0.140. The van der Waals surface area contributed by atoms with Gasteiger partial charge in [0.2, 0.25) is 11.8 Å². The van der Waals surface area contributed by atoms with Crippen molar-refractivity contribution in [1.29, 1.82) is 0 Å². The molecule has 1 saturated heterocycles. The Bertz CT molecular complexity index is 528. The molecule has 0 bridgehead atoms. The highest BCUT2D eigenvalue weighted by Gasteiger charge is 2.31. The molecule has 2 amide bonds. The van der Waals surface area contributed by atoms with Crippen molar-refractivity contribution in [2.24, 2.45) is 0 Å². The molecule has 1 heterocycles. The van der Waals surface area contributed by atoms with Gasteiger partial charge < -0.3 is 15.3 Å². The highest BCUT2D eigenvalue weighted by molar-refractivity contribution is 5.97. The number of piperidine rings is 1. The van der Waals surface area contributed by atoms with Crippen LogP contribution in [-0.4, -0.2) is 41.0 Å². The summed E-state index contributed by atoms with van der Waals surface area (Å²) in [6, 6.07) is 7.10. The van der Waals surface area contributed by atoms with Crippen molar-refractivity contribution in [3.63, 3.8) is 0 Å². The van der Waals surface area contributed by atoms with Crippen molar-refractivity contribution in [2.45, 2.75) is 51.5 Å². The van der Waals surface area contributed by atoms with E-state index in [-0.39, 0.29) is 24.5 Å². The second kappa shape index (κ2) is 8.67. The fourth-order valence-corrected chi connectivity index (χ4v) is 2.97. The summed E-state index contributed by atoms with van der Waals surface area (Å²) < 4.78 is 0. The molecule has 0 spiro atoms. The van der Waals surface area contributed by atoms with Crippen LogP contribution in [0.3, 0.4) is 0 Å². The standard InChI is InChI=1S/C18H26N2O3/c1-2-5-17(22)20-12-4-3-6-16(20)18(23)19-15-9-7-14(8-10-15)11-13-21/h7-10,16,21H,2-6,11-13H2,1H3,(H,19,23). The van der Waals surface area contributed by atoms with Crippen LogP contribution in [0.1, 0.15) is 44.6 Å². The first-order valence-electron chi connectivity index (χ1n) is 8.46. The topological polar surface area (TPSA) is 69.6 Å². The van der Waals surface area contributed by atoms with E-state index in [2.05, 4.69) is 5.32 Å². The zero-order chi connectivity index (χ0) is 16.7. The Morgan fingerprint density at radius 2 is 2.00 bits per heavy atom. The lowest BCUT2D eigenvalue weighted by Crippen LogP contribution is -2.49. The van der Waals surface area contributed by atoms with Gasteiger partial charge in [-0.25, -0.2) is 0 Å². The number of aliphatic hydroxyl groups is 1. The summed E-state index contributed by atoms with van der Waals surface area (Å²) >= 11 is 0. The van der Waals surface area contributed by atoms with Crippen molar-refractivity contribution in [1.82, 2.24) is 4.90 Å². The minimum absolute atomic E-state index is 0.0747. The molecule has 1 aliphatic heterocycles. The van der Waals surface area contributed by atoms with Crippen LogP contribution < -0.4 is 5.32 Å². The molecule has 0 saturated carbocycles. The van der Waals surface area contributed by atoms with Gasteiger partial charge in [-0.15, -0.1) is 0 Å². The van der Waals surface area contributed by atoms with Crippen LogP contribution in [0.5, 0.6) is 0 Å². The quantitative estimate of drug-likeness (QED) is 0.846. The molecule has 126 valence electrons. The van der Waals surface area contributed by atoms with Gasteiger partial charge in [-0.3, -0.25) is 9.59 Å². The molecular weight excluding hydrogens is 292 g/mol. The zero-order valence-electron chi connectivity index (χ0n) is 13.8. The van der Waals surface area contributed by atoms with Gasteiger partial charge in [0.15, 0.2) is 0 Å². The Balaban J connectivity index is 2.00. The molecule has 0 radical (unpaired) electrons. The monoisotopic (exact) mass is 318 g/mol. The lowest BCUT2D eigenvalue weighted by atomic mass is 10.0. The third-order valence-corrected chi connectivity index (χ3v) is 4.21. The van der Waals surface area contributed by atoms with E-state index in [0.29, 0.717) is 19.4 Å². The SMILES string of the molecule is CCCC(=O)N1CCCCC1C(=O)Nc1ccc(CCO)cc1. The molecule has 1 fully saturated rings. The maximum absolute atomic E-state index is 12.6. The molecule has 5 nitrogen and oxygen atoms in total. The van der Waals surface area contributed by atoms with Gasteiger partial charge in [0.25, 0.3) is 0 Å². The lowest BCUT2D eigenvalue weighted by Gasteiger charge is -2.34. The van der Waals surface area contributed by atoms with E-state index in [1.807, 2.05) is 31.2 Å². The summed E-state index contributed by atoms with van der Waals surface area (Å²) in [4.78, 5) is 26.5. The third-order valence-electron chi connectivity index (χ3n) is 4.21. The Kier molecular flexibility index (Phi) is 6.59. The minimum Gasteiger partial charge on any atom is -0.396 e. The number of carbonyl (C=O) groups is 2. The average molecular weight is 318 g/mol. The van der Waals surface area contributed by atoms with Gasteiger partial charge in [0.1, 0.15) is 6.04 Å². The molecule has 1 aliphatic rings. The molecule has 1 aromatic carbocycles. The molecule has 0 aromatic heterocycles. The van der Waals surface area contributed by atoms with Gasteiger partial charge in [-0.05, 0) is 49.8 Å². The molecule has 1 unspecified atom stereocenters. The number of amides is 2. The maximum Gasteiger partial charge on any atom is 0.247 e. The number of likely N-dealkylation sites (tertiary alicyclic amines) is 1. The normalized spacial score (nSPS) is 17.8. The molecule has 5 heteroatoms. The van der Waals surface area contributed by atoms with E-state index in [1.54, 1.807) is 4.90 Å². The molecular formula is C18H26N2O3. The van der Waals surface area contributed by atoms with Crippen molar-refractivity contribution < 1.29 is 14.7 Å². The second-order valence-corrected chi connectivity index (χ2v) is 6.01. The number of aliphatic hydroxyl groups excluding tert-OH is 1. The van der Waals surface area contributed by atoms with Gasteiger partial charge in [0, 0.05) is 25.3 Å². The van der Waals surface area contributed by atoms with Crippen LogP contribution in [0, 0.1) is 0 Å². The van der Waals surface area contributed by atoms with Gasteiger partial charge >= 0.3 is 0 Å². The number of hydrogen-bond donors (Lipinski definition) is 2. The zero-order valence-corrected chi connectivity index (χ0v) is 13.8. The van der Waals surface area contributed by atoms with Crippen LogP contribution in [0.2, 0.25) is 0 Å². The summed E-state index contributed by atoms with van der Waals surface area (Å²) in [6.45, 7) is 2.76. The number of carbonyl (C=O) groups excluding carboxylic acids is 2. The summed E-state index contributed by atoms with van der Waals surface area (Å²) in [7, 11) is 0. The Hall–Kier alpha value is -1.88. The highest BCUT2D eigenvalue weighted by Crippen LogP contribution is 2.20. The number of benzene rings is 1. The fraction of sp³-hybridized carbons (Fsp3) is 0.556. The predicted molar refractivity (Wildman–Crippen MR) is 90.1 cm³/mol. The molecule has 2 N–H and O–H groups in total.